The van der Waals surface area contributed by atoms with Gasteiger partial charge in [-0.25, -0.2) is 0 Å². The Morgan fingerprint density at radius 3 is 1.33 bits per heavy atom. The first kappa shape index (κ1) is 12.9. The molecule has 0 aliphatic heterocycles. The van der Waals surface area contributed by atoms with Crippen LogP contribution in [-0.2, 0) is 0 Å². The standard InChI is InChI=1S/C8H12Cl4/c1-5(9)3-7(11)8(12)4-6(2)10/h5-6H,3-4H2,1-2H3/b8-7+. The van der Waals surface area contributed by atoms with Crippen molar-refractivity contribution in [1.82, 2.24) is 0 Å². The van der Waals surface area contributed by atoms with Gasteiger partial charge in [0.15, 0.2) is 0 Å². The molecule has 2 unspecified atom stereocenters. The summed E-state index contributed by atoms with van der Waals surface area (Å²) < 4.78 is 0. The predicted molar refractivity (Wildman–Crippen MR) is 58.6 cm³/mol. The summed E-state index contributed by atoms with van der Waals surface area (Å²) >= 11 is 23.2. The van der Waals surface area contributed by atoms with Crippen LogP contribution in [0.3, 0.4) is 0 Å². The lowest BCUT2D eigenvalue weighted by Gasteiger charge is -2.06. The van der Waals surface area contributed by atoms with E-state index in [1.165, 1.54) is 0 Å². The zero-order chi connectivity index (χ0) is 9.72. The van der Waals surface area contributed by atoms with Gasteiger partial charge in [-0.2, -0.15) is 0 Å². The molecule has 0 fully saturated rings. The molecule has 0 saturated heterocycles. The summed E-state index contributed by atoms with van der Waals surface area (Å²) in [5.41, 5.74) is 0. The molecule has 0 aromatic carbocycles. The second-order valence-electron chi connectivity index (χ2n) is 2.78. The SMILES string of the molecule is CC(Cl)C/C(Cl)=C(\Cl)CC(C)Cl. The highest BCUT2D eigenvalue weighted by molar-refractivity contribution is 6.39. The largest absolute Gasteiger partial charge is 0.123 e. The summed E-state index contributed by atoms with van der Waals surface area (Å²) in [7, 11) is 0. The fraction of sp³-hybridized carbons (Fsp3) is 0.750. The Hall–Kier alpha value is 0.900. The minimum absolute atomic E-state index is 0.0110. The molecule has 0 aliphatic carbocycles. The maximum atomic E-state index is 5.87. The van der Waals surface area contributed by atoms with Crippen molar-refractivity contribution in [2.75, 3.05) is 0 Å². The molecule has 0 aromatic rings. The summed E-state index contributed by atoms with van der Waals surface area (Å²) in [6.45, 7) is 3.75. The number of allylic oxidation sites excluding steroid dienone is 2. The molecule has 4 heteroatoms. The van der Waals surface area contributed by atoms with E-state index in [2.05, 4.69) is 0 Å². The van der Waals surface area contributed by atoms with Gasteiger partial charge in [-0.05, 0) is 13.8 Å². The molecule has 0 nitrogen and oxygen atoms in total. The molecule has 0 amide bonds. The van der Waals surface area contributed by atoms with Gasteiger partial charge in [0.1, 0.15) is 0 Å². The second-order valence-corrected chi connectivity index (χ2v) is 5.18. The van der Waals surface area contributed by atoms with E-state index >= 15 is 0 Å². The van der Waals surface area contributed by atoms with E-state index in [-0.39, 0.29) is 10.8 Å². The summed E-state index contributed by atoms with van der Waals surface area (Å²) in [5.74, 6) is 0. The highest BCUT2D eigenvalue weighted by Crippen LogP contribution is 2.25. The summed E-state index contributed by atoms with van der Waals surface area (Å²) in [6.07, 6.45) is 1.21. The third-order valence-corrected chi connectivity index (χ3v) is 2.39. The molecule has 0 aromatic heterocycles. The molecule has 0 aliphatic rings. The Morgan fingerprint density at radius 2 is 1.17 bits per heavy atom. The summed E-state index contributed by atoms with van der Waals surface area (Å²) in [6, 6.07) is 0. The van der Waals surface area contributed by atoms with Crippen molar-refractivity contribution in [2.45, 2.75) is 37.4 Å². The number of rotatable bonds is 4. The number of hydrogen-bond acceptors (Lipinski definition) is 0. The molecule has 0 N–H and O–H groups in total. The van der Waals surface area contributed by atoms with E-state index in [9.17, 15) is 0 Å². The van der Waals surface area contributed by atoms with Crippen molar-refractivity contribution in [2.24, 2.45) is 0 Å². The van der Waals surface area contributed by atoms with Gasteiger partial charge in [-0.15, -0.1) is 23.2 Å². The smallest absolute Gasteiger partial charge is 0.0357 e. The quantitative estimate of drug-likeness (QED) is 0.633. The molecule has 0 rings (SSSR count). The molecular weight excluding hydrogens is 238 g/mol. The van der Waals surface area contributed by atoms with Gasteiger partial charge in [0.25, 0.3) is 0 Å². The normalized spacial score (nSPS) is 18.5. The van der Waals surface area contributed by atoms with Crippen LogP contribution in [-0.4, -0.2) is 10.8 Å². The Balaban J connectivity index is 4.06. The topological polar surface area (TPSA) is 0 Å². The Labute approximate surface area is 93.8 Å². The fourth-order valence-electron chi connectivity index (χ4n) is 0.715. The average molecular weight is 250 g/mol. The van der Waals surface area contributed by atoms with Crippen LogP contribution in [0.2, 0.25) is 0 Å². The number of alkyl halides is 2. The van der Waals surface area contributed by atoms with E-state index in [0.717, 1.165) is 0 Å². The molecule has 2 atom stereocenters. The average Bonchev–Trinajstić information content (AvgIpc) is 1.84. The Bertz CT molecular complexity index is 142. The third kappa shape index (κ3) is 6.42. The lowest BCUT2D eigenvalue weighted by atomic mass is 10.2. The van der Waals surface area contributed by atoms with Gasteiger partial charge < -0.3 is 0 Å². The van der Waals surface area contributed by atoms with Crippen molar-refractivity contribution in [3.63, 3.8) is 0 Å². The van der Waals surface area contributed by atoms with Crippen molar-refractivity contribution in [3.8, 4) is 0 Å². The maximum absolute atomic E-state index is 5.87. The van der Waals surface area contributed by atoms with E-state index < -0.39 is 0 Å². The van der Waals surface area contributed by atoms with Gasteiger partial charge >= 0.3 is 0 Å². The van der Waals surface area contributed by atoms with Crippen LogP contribution in [0.25, 0.3) is 0 Å². The first-order chi connectivity index (χ1) is 5.43. The van der Waals surface area contributed by atoms with Crippen molar-refractivity contribution >= 4 is 46.4 Å². The van der Waals surface area contributed by atoms with Crippen LogP contribution >= 0.6 is 46.4 Å². The first-order valence-electron chi connectivity index (χ1n) is 3.74. The highest BCUT2D eigenvalue weighted by atomic mass is 35.5. The first-order valence-corrected chi connectivity index (χ1v) is 5.37. The molecule has 0 spiro atoms. The molecular formula is C8H12Cl4. The third-order valence-electron chi connectivity index (χ3n) is 1.22. The molecule has 0 heterocycles. The van der Waals surface area contributed by atoms with Gasteiger partial charge in [-0.3, -0.25) is 0 Å². The monoisotopic (exact) mass is 248 g/mol. The van der Waals surface area contributed by atoms with Crippen LogP contribution in [0, 0.1) is 0 Å². The lowest BCUT2D eigenvalue weighted by molar-refractivity contribution is 0.909. The molecule has 12 heavy (non-hydrogen) atoms. The zero-order valence-electron chi connectivity index (χ0n) is 7.08. The van der Waals surface area contributed by atoms with Gasteiger partial charge in [0.05, 0.1) is 0 Å². The van der Waals surface area contributed by atoms with Crippen molar-refractivity contribution in [3.05, 3.63) is 10.1 Å². The van der Waals surface area contributed by atoms with E-state index in [1.807, 2.05) is 13.8 Å². The zero-order valence-corrected chi connectivity index (χ0v) is 10.1. The van der Waals surface area contributed by atoms with E-state index in [0.29, 0.717) is 22.9 Å². The maximum Gasteiger partial charge on any atom is 0.0357 e. The predicted octanol–water partition coefficient (Wildman–Crippen LogP) is 4.71. The molecule has 0 bridgehead atoms. The summed E-state index contributed by atoms with van der Waals surface area (Å²) in [4.78, 5) is 0. The molecule has 0 saturated carbocycles. The highest BCUT2D eigenvalue weighted by Gasteiger charge is 2.07. The Morgan fingerprint density at radius 1 is 0.917 bits per heavy atom. The van der Waals surface area contributed by atoms with Gasteiger partial charge in [-0.1, -0.05) is 23.2 Å². The van der Waals surface area contributed by atoms with E-state index in [4.69, 9.17) is 46.4 Å². The molecule has 0 radical (unpaired) electrons. The van der Waals surface area contributed by atoms with E-state index in [1.54, 1.807) is 0 Å². The summed E-state index contributed by atoms with van der Waals surface area (Å²) in [5, 5.41) is 1.26. The number of halogens is 4. The lowest BCUT2D eigenvalue weighted by Crippen LogP contribution is -1.95. The van der Waals surface area contributed by atoms with Crippen LogP contribution in [0.4, 0.5) is 0 Å². The van der Waals surface area contributed by atoms with Crippen LogP contribution < -0.4 is 0 Å². The van der Waals surface area contributed by atoms with Crippen LogP contribution in [0.15, 0.2) is 10.1 Å². The van der Waals surface area contributed by atoms with Gasteiger partial charge in [0, 0.05) is 33.7 Å². The van der Waals surface area contributed by atoms with Crippen molar-refractivity contribution < 1.29 is 0 Å². The van der Waals surface area contributed by atoms with Crippen LogP contribution in [0.5, 0.6) is 0 Å². The van der Waals surface area contributed by atoms with Crippen LogP contribution in [0.1, 0.15) is 26.7 Å². The molecule has 72 valence electrons. The minimum atomic E-state index is 0.0110. The minimum Gasteiger partial charge on any atom is -0.123 e. The van der Waals surface area contributed by atoms with Crippen molar-refractivity contribution in [1.29, 1.82) is 0 Å². The fourth-order valence-corrected chi connectivity index (χ4v) is 1.80. The number of hydrogen-bond donors (Lipinski definition) is 0. The Kier molecular flexibility index (Phi) is 6.85. The van der Waals surface area contributed by atoms with Gasteiger partial charge in [0.2, 0.25) is 0 Å². The second kappa shape index (κ2) is 6.37.